The SMILES string of the molecule is COc1ccc(CN2C3CC2CN(c2cnc(-c4cc(OCCN5CCCC56CNC6)cn5ncc(C#N)c45)cn2)C3)cn1. The Labute approximate surface area is 256 Å². The molecule has 0 radical (unpaired) electrons. The number of piperidine rings is 1. The average Bonchev–Trinajstić information content (AvgIpc) is 3.68. The summed E-state index contributed by atoms with van der Waals surface area (Å²) in [5.74, 6) is 2.21. The molecule has 12 heteroatoms. The predicted octanol–water partition coefficient (Wildman–Crippen LogP) is 2.35. The van der Waals surface area contributed by atoms with Crippen LogP contribution in [0.5, 0.6) is 11.6 Å². The number of anilines is 1. The number of rotatable bonds is 9. The molecule has 4 aromatic rings. The van der Waals surface area contributed by atoms with Crippen molar-refractivity contribution in [1.82, 2.24) is 39.7 Å². The fraction of sp³-hybridized carbons (Fsp3) is 0.469. The van der Waals surface area contributed by atoms with Gasteiger partial charge in [0.1, 0.15) is 24.2 Å². The number of nitriles is 1. The Hall–Kier alpha value is -4.31. The van der Waals surface area contributed by atoms with Crippen molar-refractivity contribution < 1.29 is 9.47 Å². The first-order valence-electron chi connectivity index (χ1n) is 15.4. The van der Waals surface area contributed by atoms with Crippen LogP contribution in [0.25, 0.3) is 16.8 Å². The summed E-state index contributed by atoms with van der Waals surface area (Å²) in [7, 11) is 1.64. The Balaban J connectivity index is 0.963. The van der Waals surface area contributed by atoms with Gasteiger partial charge in [0.05, 0.1) is 48.7 Å². The van der Waals surface area contributed by atoms with E-state index in [4.69, 9.17) is 19.4 Å². The maximum absolute atomic E-state index is 9.79. The second-order valence-corrected chi connectivity index (χ2v) is 12.4. The van der Waals surface area contributed by atoms with Crippen LogP contribution in [0.15, 0.2) is 49.2 Å². The number of ether oxygens (including phenoxy) is 2. The number of aromatic nitrogens is 5. The molecule has 5 saturated heterocycles. The Morgan fingerprint density at radius 2 is 1.98 bits per heavy atom. The third-order valence-corrected chi connectivity index (χ3v) is 9.94. The van der Waals surface area contributed by atoms with Crippen LogP contribution < -0.4 is 19.7 Å². The standard InChI is InChI=1S/C32H36N10O2/c1-43-30-4-3-22(12-37-30)16-41-24-9-25(41)18-39(17-24)29-15-35-28(14-36-29)27-10-26(19-42-31(27)23(11-33)13-38-42)44-8-7-40-6-2-5-32(40)20-34-21-32/h3-4,10,12-15,19,24-25,34H,2,5-9,16-18,20-21H2,1H3. The van der Waals surface area contributed by atoms with Crippen LogP contribution >= 0.6 is 0 Å². The molecule has 4 aromatic heterocycles. The second kappa shape index (κ2) is 11.0. The third kappa shape index (κ3) is 4.72. The van der Waals surface area contributed by atoms with Gasteiger partial charge in [0.15, 0.2) is 0 Å². The van der Waals surface area contributed by atoms with Gasteiger partial charge in [-0.05, 0) is 37.4 Å². The summed E-state index contributed by atoms with van der Waals surface area (Å²) in [6.45, 7) is 7.46. The molecule has 2 bridgehead atoms. The predicted molar refractivity (Wildman–Crippen MR) is 164 cm³/mol. The number of fused-ring (bicyclic) bond motifs is 3. The van der Waals surface area contributed by atoms with Gasteiger partial charge < -0.3 is 19.7 Å². The minimum atomic E-state index is 0.320. The number of likely N-dealkylation sites (tertiary alicyclic amines) is 1. The zero-order chi connectivity index (χ0) is 29.7. The molecule has 1 spiro atoms. The molecule has 1 N–H and O–H groups in total. The van der Waals surface area contributed by atoms with Crippen molar-refractivity contribution in [2.75, 3.05) is 57.9 Å². The molecule has 5 aliphatic heterocycles. The highest BCUT2D eigenvalue weighted by molar-refractivity contribution is 5.83. The zero-order valence-corrected chi connectivity index (χ0v) is 24.9. The molecule has 0 saturated carbocycles. The van der Waals surface area contributed by atoms with Gasteiger partial charge in [-0.1, -0.05) is 6.07 Å². The number of pyridine rings is 2. The molecule has 9 heterocycles. The Morgan fingerprint density at radius 3 is 2.68 bits per heavy atom. The highest BCUT2D eigenvalue weighted by Crippen LogP contribution is 2.36. The molecule has 0 amide bonds. The van der Waals surface area contributed by atoms with Crippen molar-refractivity contribution in [1.29, 1.82) is 5.26 Å². The van der Waals surface area contributed by atoms with Crippen LogP contribution in [0, 0.1) is 11.3 Å². The van der Waals surface area contributed by atoms with Crippen LogP contribution in [0.3, 0.4) is 0 Å². The van der Waals surface area contributed by atoms with Crippen molar-refractivity contribution >= 4 is 11.3 Å². The smallest absolute Gasteiger partial charge is 0.212 e. The largest absolute Gasteiger partial charge is 0.491 e. The van der Waals surface area contributed by atoms with Gasteiger partial charge in [0.25, 0.3) is 0 Å². The topological polar surface area (TPSA) is 120 Å². The summed E-state index contributed by atoms with van der Waals surface area (Å²) in [5, 5.41) is 17.7. The van der Waals surface area contributed by atoms with E-state index in [1.54, 1.807) is 24.0 Å². The molecule has 2 unspecified atom stereocenters. The lowest BCUT2D eigenvalue weighted by molar-refractivity contribution is -0.00879. The highest BCUT2D eigenvalue weighted by atomic mass is 16.5. The molecule has 5 fully saturated rings. The van der Waals surface area contributed by atoms with Gasteiger partial charge in [-0.2, -0.15) is 10.4 Å². The first kappa shape index (κ1) is 27.3. The van der Waals surface area contributed by atoms with Gasteiger partial charge in [0.2, 0.25) is 5.88 Å². The van der Waals surface area contributed by atoms with E-state index < -0.39 is 0 Å². The van der Waals surface area contributed by atoms with Crippen molar-refractivity contribution in [3.63, 3.8) is 0 Å². The lowest BCUT2D eigenvalue weighted by Gasteiger charge is -2.56. The molecular weight excluding hydrogens is 556 g/mol. The number of hydrogen-bond donors (Lipinski definition) is 1. The van der Waals surface area contributed by atoms with Crippen LogP contribution in [-0.4, -0.2) is 105 Å². The van der Waals surface area contributed by atoms with Gasteiger partial charge in [-0.3, -0.25) is 14.8 Å². The van der Waals surface area contributed by atoms with Crippen LogP contribution in [0.1, 0.15) is 30.4 Å². The molecule has 9 rings (SSSR count). The van der Waals surface area contributed by atoms with E-state index in [2.05, 4.69) is 42.2 Å². The average molecular weight is 593 g/mol. The number of nitrogens with zero attached hydrogens (tertiary/aromatic N) is 9. The number of hydrogen-bond acceptors (Lipinski definition) is 11. The molecule has 0 aliphatic carbocycles. The van der Waals surface area contributed by atoms with Gasteiger partial charge >= 0.3 is 0 Å². The first-order chi connectivity index (χ1) is 21.6. The quantitative estimate of drug-likeness (QED) is 0.308. The monoisotopic (exact) mass is 592 g/mol. The fourth-order valence-electron chi connectivity index (χ4n) is 7.48. The van der Waals surface area contributed by atoms with E-state index in [9.17, 15) is 5.26 Å². The minimum Gasteiger partial charge on any atom is -0.491 e. The molecule has 44 heavy (non-hydrogen) atoms. The molecule has 2 atom stereocenters. The number of nitrogens with one attached hydrogen (secondary N) is 1. The summed E-state index contributed by atoms with van der Waals surface area (Å²) in [6, 6.07) is 9.21. The van der Waals surface area contributed by atoms with Crippen molar-refractivity contribution in [2.45, 2.75) is 43.4 Å². The lowest BCUT2D eigenvalue weighted by atomic mass is 9.87. The van der Waals surface area contributed by atoms with E-state index >= 15 is 0 Å². The summed E-state index contributed by atoms with van der Waals surface area (Å²) in [6.07, 6.45) is 12.7. The summed E-state index contributed by atoms with van der Waals surface area (Å²) < 4.78 is 13.2. The Morgan fingerprint density at radius 1 is 1.09 bits per heavy atom. The van der Waals surface area contributed by atoms with E-state index in [1.165, 1.54) is 24.8 Å². The Bertz CT molecular complexity index is 1680. The second-order valence-electron chi connectivity index (χ2n) is 12.4. The molecular formula is C32H36N10O2. The summed E-state index contributed by atoms with van der Waals surface area (Å²) in [4.78, 5) is 21.5. The van der Waals surface area contributed by atoms with Crippen LogP contribution in [0.4, 0.5) is 5.82 Å². The van der Waals surface area contributed by atoms with Crippen molar-refractivity contribution in [3.8, 4) is 29.0 Å². The normalized spacial score (nSPS) is 22.5. The first-order valence-corrected chi connectivity index (χ1v) is 15.4. The maximum atomic E-state index is 9.79. The van der Waals surface area contributed by atoms with E-state index in [1.807, 2.05) is 30.7 Å². The van der Waals surface area contributed by atoms with Crippen LogP contribution in [0.2, 0.25) is 0 Å². The third-order valence-electron chi connectivity index (χ3n) is 9.94. The molecule has 5 aliphatic rings. The lowest BCUT2D eigenvalue weighted by Crippen LogP contribution is -2.68. The maximum Gasteiger partial charge on any atom is 0.212 e. The van der Waals surface area contributed by atoms with Gasteiger partial charge in [0, 0.05) is 74.7 Å². The van der Waals surface area contributed by atoms with Crippen LogP contribution in [-0.2, 0) is 6.54 Å². The van der Waals surface area contributed by atoms with Crippen molar-refractivity contribution in [2.24, 2.45) is 0 Å². The zero-order valence-electron chi connectivity index (χ0n) is 24.9. The minimum absolute atomic E-state index is 0.320. The van der Waals surface area contributed by atoms with Gasteiger partial charge in [-0.15, -0.1) is 0 Å². The van der Waals surface area contributed by atoms with E-state index in [0.29, 0.717) is 52.6 Å². The number of piperazine rings is 1. The number of methoxy groups -OCH3 is 1. The fourth-order valence-corrected chi connectivity index (χ4v) is 7.48. The van der Waals surface area contributed by atoms with Gasteiger partial charge in [-0.25, -0.2) is 14.5 Å². The molecule has 226 valence electrons. The Kier molecular flexibility index (Phi) is 6.81. The molecule has 12 nitrogen and oxygen atoms in total. The van der Waals surface area contributed by atoms with Crippen molar-refractivity contribution in [3.05, 3.63) is 60.3 Å². The molecule has 0 aromatic carbocycles. The highest BCUT2D eigenvalue weighted by Gasteiger charge is 2.46. The van der Waals surface area contributed by atoms with E-state index in [-0.39, 0.29) is 0 Å². The van der Waals surface area contributed by atoms with E-state index in [0.717, 1.165) is 57.2 Å². The summed E-state index contributed by atoms with van der Waals surface area (Å²) in [5.41, 5.74) is 4.21. The summed E-state index contributed by atoms with van der Waals surface area (Å²) >= 11 is 0.